The van der Waals surface area contributed by atoms with E-state index in [4.69, 9.17) is 16.7 Å². The van der Waals surface area contributed by atoms with Gasteiger partial charge in [0.15, 0.2) is 5.75 Å². The maximum Gasteiger partial charge on any atom is 0.511 e. The van der Waals surface area contributed by atoms with E-state index in [0.717, 1.165) is 12.8 Å². The molecule has 2 aromatic rings. The summed E-state index contributed by atoms with van der Waals surface area (Å²) in [7, 11) is 0. The summed E-state index contributed by atoms with van der Waals surface area (Å²) < 4.78 is 6.28. The van der Waals surface area contributed by atoms with Crippen molar-refractivity contribution in [1.29, 1.82) is 0 Å². The minimum atomic E-state index is -1.51. The van der Waals surface area contributed by atoms with Crippen LogP contribution in [0, 0.1) is 0 Å². The smallest absolute Gasteiger partial charge is 0.449 e. The van der Waals surface area contributed by atoms with E-state index >= 15 is 0 Å². The fraction of sp³-hybridized carbons (Fsp3) is 0.250. The maximum atomic E-state index is 12.1. The summed E-state index contributed by atoms with van der Waals surface area (Å²) in [6.45, 7) is 0. The zero-order chi connectivity index (χ0) is 13.6. The zero-order valence-electron chi connectivity index (χ0n) is 9.67. The molecule has 0 spiro atoms. The molecule has 98 valence electrons. The number of pyridine rings is 2. The number of hydrogen-bond acceptors (Lipinski definition) is 4. The van der Waals surface area contributed by atoms with Gasteiger partial charge in [0.1, 0.15) is 10.8 Å². The molecular formula is C12H9ClN2O4. The molecule has 0 unspecified atom stereocenters. The van der Waals surface area contributed by atoms with E-state index in [1.54, 1.807) is 4.57 Å². The summed E-state index contributed by atoms with van der Waals surface area (Å²) in [4.78, 5) is 26.8. The lowest BCUT2D eigenvalue weighted by Crippen LogP contribution is -2.16. The predicted octanol–water partition coefficient (Wildman–Crippen LogP) is 2.44. The van der Waals surface area contributed by atoms with Crippen molar-refractivity contribution in [2.45, 2.75) is 18.9 Å². The Kier molecular flexibility index (Phi) is 2.67. The van der Waals surface area contributed by atoms with E-state index in [-0.39, 0.29) is 16.9 Å². The van der Waals surface area contributed by atoms with Gasteiger partial charge in [0.05, 0.1) is 11.6 Å². The first-order valence-corrected chi connectivity index (χ1v) is 6.06. The zero-order valence-corrected chi connectivity index (χ0v) is 10.4. The Morgan fingerprint density at radius 2 is 2.21 bits per heavy atom. The van der Waals surface area contributed by atoms with Gasteiger partial charge in [-0.3, -0.25) is 4.79 Å². The number of carbonyl (C=O) groups is 1. The molecule has 1 aliphatic rings. The molecule has 0 saturated heterocycles. The average Bonchev–Trinajstić information content (AvgIpc) is 3.16. The number of ether oxygens (including phenoxy) is 1. The molecule has 0 aromatic carbocycles. The van der Waals surface area contributed by atoms with Crippen LogP contribution in [0.3, 0.4) is 0 Å². The second-order valence-electron chi connectivity index (χ2n) is 4.33. The fourth-order valence-electron chi connectivity index (χ4n) is 1.98. The number of aromatic nitrogens is 2. The number of hydrogen-bond donors (Lipinski definition) is 1. The first-order valence-electron chi connectivity index (χ1n) is 5.68. The van der Waals surface area contributed by atoms with Gasteiger partial charge in [0.25, 0.3) is 0 Å². The molecule has 3 rings (SSSR count). The first kappa shape index (κ1) is 12.0. The van der Waals surface area contributed by atoms with Crippen LogP contribution in [0.4, 0.5) is 4.79 Å². The molecule has 0 amide bonds. The second kappa shape index (κ2) is 4.24. The van der Waals surface area contributed by atoms with Crippen molar-refractivity contribution in [1.82, 2.24) is 9.55 Å². The van der Waals surface area contributed by atoms with Crippen LogP contribution >= 0.6 is 11.6 Å². The van der Waals surface area contributed by atoms with Crippen LogP contribution in [0.25, 0.3) is 11.0 Å². The summed E-state index contributed by atoms with van der Waals surface area (Å²) in [5.74, 6) is -0.212. The lowest BCUT2D eigenvalue weighted by molar-refractivity contribution is 0.143. The SMILES string of the molecule is O=C(O)Oc1cn(C2CC2)c2nc(Cl)ccc2c1=O. The molecule has 0 bridgehead atoms. The van der Waals surface area contributed by atoms with E-state index in [0.29, 0.717) is 11.0 Å². The maximum absolute atomic E-state index is 12.1. The normalized spacial score (nSPS) is 14.6. The Hall–Kier alpha value is -2.08. The van der Waals surface area contributed by atoms with Gasteiger partial charge < -0.3 is 14.4 Å². The summed E-state index contributed by atoms with van der Waals surface area (Å²) >= 11 is 5.84. The van der Waals surface area contributed by atoms with Gasteiger partial charge in [-0.1, -0.05) is 11.6 Å². The molecule has 7 heteroatoms. The molecule has 1 fully saturated rings. The number of nitrogens with zero attached hydrogens (tertiary/aromatic N) is 2. The number of rotatable bonds is 2. The topological polar surface area (TPSA) is 81.4 Å². The molecule has 19 heavy (non-hydrogen) atoms. The summed E-state index contributed by atoms with van der Waals surface area (Å²) in [6, 6.07) is 3.23. The van der Waals surface area contributed by atoms with Crippen molar-refractivity contribution < 1.29 is 14.6 Å². The summed E-state index contributed by atoms with van der Waals surface area (Å²) in [6.07, 6.45) is 1.79. The van der Waals surface area contributed by atoms with E-state index < -0.39 is 11.6 Å². The van der Waals surface area contributed by atoms with Gasteiger partial charge in [-0.25, -0.2) is 9.78 Å². The third-order valence-electron chi connectivity index (χ3n) is 2.95. The number of fused-ring (bicyclic) bond motifs is 1. The number of halogens is 1. The van der Waals surface area contributed by atoms with Crippen molar-refractivity contribution in [2.24, 2.45) is 0 Å². The monoisotopic (exact) mass is 280 g/mol. The Morgan fingerprint density at radius 3 is 2.84 bits per heavy atom. The van der Waals surface area contributed by atoms with Crippen LogP contribution in [-0.2, 0) is 0 Å². The molecule has 0 radical (unpaired) electrons. The van der Waals surface area contributed by atoms with Gasteiger partial charge >= 0.3 is 6.16 Å². The molecule has 6 nitrogen and oxygen atoms in total. The van der Waals surface area contributed by atoms with Crippen LogP contribution in [0.2, 0.25) is 5.15 Å². The Morgan fingerprint density at radius 1 is 1.47 bits per heavy atom. The van der Waals surface area contributed by atoms with Gasteiger partial charge in [0.2, 0.25) is 5.43 Å². The minimum Gasteiger partial charge on any atom is -0.449 e. The van der Waals surface area contributed by atoms with Gasteiger partial charge in [0, 0.05) is 6.04 Å². The highest BCUT2D eigenvalue weighted by atomic mass is 35.5. The minimum absolute atomic E-state index is 0.212. The summed E-state index contributed by atoms with van der Waals surface area (Å²) in [5.41, 5.74) is -0.0452. The molecule has 0 atom stereocenters. The second-order valence-corrected chi connectivity index (χ2v) is 4.72. The molecule has 2 heterocycles. The Labute approximate surface area is 112 Å². The Bertz CT molecular complexity index is 736. The molecule has 1 N–H and O–H groups in total. The predicted molar refractivity (Wildman–Crippen MR) is 67.9 cm³/mol. The highest BCUT2D eigenvalue weighted by Gasteiger charge is 2.27. The van der Waals surface area contributed by atoms with Gasteiger partial charge in [-0.05, 0) is 25.0 Å². The summed E-state index contributed by atoms with van der Waals surface area (Å²) in [5, 5.41) is 9.23. The first-order chi connectivity index (χ1) is 9.06. The van der Waals surface area contributed by atoms with Gasteiger partial charge in [-0.15, -0.1) is 0 Å². The third-order valence-corrected chi connectivity index (χ3v) is 3.16. The van der Waals surface area contributed by atoms with Crippen molar-refractivity contribution in [3.8, 4) is 5.75 Å². The highest BCUT2D eigenvalue weighted by molar-refractivity contribution is 6.29. The van der Waals surface area contributed by atoms with Crippen molar-refractivity contribution >= 4 is 28.8 Å². The van der Waals surface area contributed by atoms with E-state index in [9.17, 15) is 9.59 Å². The largest absolute Gasteiger partial charge is 0.511 e. The standard InChI is InChI=1S/C12H9ClN2O4/c13-9-4-3-7-10(16)8(19-12(17)18)5-15(6-1-2-6)11(7)14-9/h3-6H,1-2H2,(H,17,18). The molecule has 1 aliphatic carbocycles. The van der Waals surface area contributed by atoms with Crippen LogP contribution in [0.15, 0.2) is 23.1 Å². The molecular weight excluding hydrogens is 272 g/mol. The van der Waals surface area contributed by atoms with Gasteiger partial charge in [-0.2, -0.15) is 0 Å². The fourth-order valence-corrected chi connectivity index (χ4v) is 2.12. The van der Waals surface area contributed by atoms with Crippen LogP contribution in [0.1, 0.15) is 18.9 Å². The van der Waals surface area contributed by atoms with Crippen LogP contribution in [0.5, 0.6) is 5.75 Å². The van der Waals surface area contributed by atoms with Crippen molar-refractivity contribution in [2.75, 3.05) is 0 Å². The van der Waals surface area contributed by atoms with Crippen molar-refractivity contribution in [3.63, 3.8) is 0 Å². The number of carboxylic acid groups (broad SMARTS) is 1. The molecule has 1 saturated carbocycles. The molecule has 2 aromatic heterocycles. The quantitative estimate of drug-likeness (QED) is 0.675. The van der Waals surface area contributed by atoms with Crippen molar-refractivity contribution in [3.05, 3.63) is 33.7 Å². The van der Waals surface area contributed by atoms with Crippen LogP contribution < -0.4 is 10.2 Å². The van der Waals surface area contributed by atoms with Crippen LogP contribution in [-0.4, -0.2) is 20.8 Å². The average molecular weight is 281 g/mol. The third kappa shape index (κ3) is 2.15. The van der Waals surface area contributed by atoms with E-state index in [1.807, 2.05) is 0 Å². The highest BCUT2D eigenvalue weighted by Crippen LogP contribution is 2.37. The van der Waals surface area contributed by atoms with E-state index in [2.05, 4.69) is 9.72 Å². The molecule has 0 aliphatic heterocycles. The lowest BCUT2D eigenvalue weighted by Gasteiger charge is -2.10. The van der Waals surface area contributed by atoms with E-state index in [1.165, 1.54) is 18.3 Å². The Balaban J connectivity index is 2.30. The lowest BCUT2D eigenvalue weighted by atomic mass is 10.2.